The van der Waals surface area contributed by atoms with E-state index >= 15 is 0 Å². The molecule has 2 aromatic carbocycles. The highest BCUT2D eigenvalue weighted by molar-refractivity contribution is 7.87. The van der Waals surface area contributed by atoms with E-state index in [2.05, 4.69) is 4.18 Å². The Morgan fingerprint density at radius 2 is 1.24 bits per heavy atom. The van der Waals surface area contributed by atoms with E-state index in [1.54, 1.807) is 6.92 Å². The van der Waals surface area contributed by atoms with E-state index < -0.39 is 66.9 Å². The summed E-state index contributed by atoms with van der Waals surface area (Å²) in [4.78, 5) is -0.364. The fraction of sp³-hybridized carbons (Fsp3) is 0.263. The van der Waals surface area contributed by atoms with E-state index in [1.165, 1.54) is 12.1 Å². The van der Waals surface area contributed by atoms with Crippen LogP contribution in [0.2, 0.25) is 0 Å². The number of alkyl halides is 10. The maximum atomic E-state index is 13.8. The summed E-state index contributed by atoms with van der Waals surface area (Å²) in [6, 6.07) is 6.92. The average molecular weight is 590 g/mol. The number of aryl methyl sites for hydroxylation is 1. The first-order valence-electron chi connectivity index (χ1n) is 9.18. The summed E-state index contributed by atoms with van der Waals surface area (Å²) in [6.45, 7) is 1.64. The van der Waals surface area contributed by atoms with Crippen LogP contribution in [0.5, 0.6) is 5.75 Å². The molecule has 2 aromatic rings. The minimum absolute atomic E-state index is 0.364. The van der Waals surface area contributed by atoms with Crippen LogP contribution < -0.4 is 4.18 Å². The van der Waals surface area contributed by atoms with Gasteiger partial charge in [-0.15, -0.1) is 0 Å². The molecule has 0 N–H and O–H groups in total. The number of allylic oxidation sites excluding steroid dienone is 1. The van der Waals surface area contributed by atoms with Gasteiger partial charge in [0.2, 0.25) is 0 Å². The van der Waals surface area contributed by atoms with E-state index in [-0.39, 0.29) is 4.90 Å². The van der Waals surface area contributed by atoms with Gasteiger partial charge in [0.1, 0.15) is 10.6 Å². The van der Waals surface area contributed by atoms with Gasteiger partial charge >= 0.3 is 43.8 Å². The molecule has 0 amide bonds. The summed E-state index contributed by atoms with van der Waals surface area (Å²) >= 11 is 0. The monoisotopic (exact) mass is 590 g/mol. The maximum absolute atomic E-state index is 13.8. The molecule has 0 radical (unpaired) electrons. The largest absolute Gasteiger partial charge is 0.534 e. The average Bonchev–Trinajstić information content (AvgIpc) is 2.71. The van der Waals surface area contributed by atoms with Gasteiger partial charge < -0.3 is 8.37 Å². The van der Waals surface area contributed by atoms with Crippen LogP contribution in [0.4, 0.5) is 43.9 Å². The Morgan fingerprint density at radius 3 is 1.68 bits per heavy atom. The summed E-state index contributed by atoms with van der Waals surface area (Å²) in [5.41, 5.74) is -6.81. The van der Waals surface area contributed by atoms with Crippen LogP contribution in [0.3, 0.4) is 0 Å². The SMILES string of the molecule is Cc1ccc(S(=O)(=O)Oc2ccc(/C(=C\C(F)(F)C(F)(F)C(F)(F)F)OS(=O)(=O)C(F)(F)F)cc2)cc1. The first kappa shape index (κ1) is 30.2. The van der Waals surface area contributed by atoms with Gasteiger partial charge in [-0.25, -0.2) is 0 Å². The first-order valence-corrected chi connectivity index (χ1v) is 12.0. The standard InChI is InChI=1S/C19H12F10O6S2/c1-11-2-8-14(9-3-11)36(30,31)34-13-6-4-12(5-7-13)15(35-37(32,33)19(27,28)29)10-16(20,21)17(22,23)18(24,25)26/h2-10H,1H3/b15-10+. The smallest absolute Gasteiger partial charge is 0.379 e. The molecular weight excluding hydrogens is 578 g/mol. The third-order valence-corrected chi connectivity index (χ3v) is 6.45. The van der Waals surface area contributed by atoms with E-state index in [4.69, 9.17) is 4.18 Å². The third kappa shape index (κ3) is 6.65. The van der Waals surface area contributed by atoms with Crippen LogP contribution in [0.25, 0.3) is 5.76 Å². The van der Waals surface area contributed by atoms with Crippen LogP contribution in [-0.2, 0) is 24.4 Å². The Morgan fingerprint density at radius 1 is 0.757 bits per heavy atom. The van der Waals surface area contributed by atoms with Crippen molar-refractivity contribution in [1.82, 2.24) is 0 Å². The third-order valence-electron chi connectivity index (χ3n) is 4.22. The Balaban J connectivity index is 2.53. The van der Waals surface area contributed by atoms with Gasteiger partial charge in [0.15, 0.2) is 5.76 Å². The maximum Gasteiger partial charge on any atom is 0.534 e. The summed E-state index contributed by atoms with van der Waals surface area (Å²) in [5.74, 6) is -16.1. The van der Waals surface area contributed by atoms with Gasteiger partial charge in [0, 0.05) is 11.6 Å². The molecule has 2 rings (SSSR count). The Labute approximate surface area is 202 Å². The summed E-state index contributed by atoms with van der Waals surface area (Å²) < 4.78 is 185. The first-order chi connectivity index (χ1) is 16.5. The fourth-order valence-corrected chi connectivity index (χ4v) is 3.73. The molecule has 0 fully saturated rings. The highest BCUT2D eigenvalue weighted by Crippen LogP contribution is 2.48. The highest BCUT2D eigenvalue weighted by Gasteiger charge is 2.72. The molecule has 0 spiro atoms. The van der Waals surface area contributed by atoms with Crippen LogP contribution in [0.1, 0.15) is 11.1 Å². The molecule has 6 nitrogen and oxygen atoms in total. The van der Waals surface area contributed by atoms with Gasteiger partial charge in [-0.2, -0.15) is 60.7 Å². The van der Waals surface area contributed by atoms with Crippen LogP contribution >= 0.6 is 0 Å². The van der Waals surface area contributed by atoms with Crippen molar-refractivity contribution in [2.45, 2.75) is 35.3 Å². The highest BCUT2D eigenvalue weighted by atomic mass is 32.2. The quantitative estimate of drug-likeness (QED) is 0.167. The lowest BCUT2D eigenvalue weighted by Crippen LogP contribution is -2.51. The molecule has 0 saturated carbocycles. The van der Waals surface area contributed by atoms with Crippen molar-refractivity contribution in [2.75, 3.05) is 0 Å². The number of rotatable bonds is 8. The zero-order chi connectivity index (χ0) is 28.7. The van der Waals surface area contributed by atoms with Gasteiger partial charge in [0.25, 0.3) is 0 Å². The lowest BCUT2D eigenvalue weighted by molar-refractivity contribution is -0.341. The summed E-state index contributed by atoms with van der Waals surface area (Å²) in [7, 11) is -11.3. The summed E-state index contributed by atoms with van der Waals surface area (Å²) in [5, 5.41) is 0. The van der Waals surface area contributed by atoms with Gasteiger partial charge in [0.05, 0.1) is 0 Å². The molecule has 0 heterocycles. The van der Waals surface area contributed by atoms with Crippen molar-refractivity contribution in [3.8, 4) is 5.75 Å². The lowest BCUT2D eigenvalue weighted by atomic mass is 10.1. The topological polar surface area (TPSA) is 86.7 Å². The molecule has 0 aliphatic heterocycles. The second-order valence-electron chi connectivity index (χ2n) is 7.06. The summed E-state index contributed by atoms with van der Waals surface area (Å²) in [6.07, 6.45) is -8.36. The second kappa shape index (κ2) is 9.70. The molecule has 0 aromatic heterocycles. The fourth-order valence-electron chi connectivity index (χ4n) is 2.32. The Hall–Kier alpha value is -3.02. The molecule has 37 heavy (non-hydrogen) atoms. The number of hydrogen-bond donors (Lipinski definition) is 0. The zero-order valence-corrected chi connectivity index (χ0v) is 19.4. The lowest BCUT2D eigenvalue weighted by Gasteiger charge is -2.26. The van der Waals surface area contributed by atoms with Crippen molar-refractivity contribution in [2.24, 2.45) is 0 Å². The molecular formula is C19H12F10O6S2. The van der Waals surface area contributed by atoms with E-state index in [0.29, 0.717) is 29.8 Å². The van der Waals surface area contributed by atoms with Crippen LogP contribution in [0, 0.1) is 6.92 Å². The van der Waals surface area contributed by atoms with Crippen molar-refractivity contribution < 1.29 is 69.1 Å². The predicted molar refractivity (Wildman–Crippen MR) is 105 cm³/mol. The van der Waals surface area contributed by atoms with Crippen molar-refractivity contribution in [3.05, 3.63) is 65.7 Å². The van der Waals surface area contributed by atoms with Gasteiger partial charge in [-0.05, 0) is 43.3 Å². The second-order valence-corrected chi connectivity index (χ2v) is 10.1. The molecule has 0 atom stereocenters. The van der Waals surface area contributed by atoms with Gasteiger partial charge in [-0.3, -0.25) is 0 Å². The van der Waals surface area contributed by atoms with Crippen molar-refractivity contribution in [1.29, 1.82) is 0 Å². The minimum atomic E-state index is -6.90. The molecule has 206 valence electrons. The van der Waals surface area contributed by atoms with E-state index in [9.17, 15) is 60.7 Å². The number of hydrogen-bond acceptors (Lipinski definition) is 6. The van der Waals surface area contributed by atoms with Gasteiger partial charge in [-0.1, -0.05) is 17.7 Å². The number of benzene rings is 2. The van der Waals surface area contributed by atoms with Crippen LogP contribution in [-0.4, -0.2) is 40.4 Å². The Kier molecular flexibility index (Phi) is 7.92. The van der Waals surface area contributed by atoms with Crippen molar-refractivity contribution >= 4 is 26.0 Å². The molecule has 0 saturated heterocycles. The normalized spacial score (nSPS) is 14.4. The molecule has 0 aliphatic carbocycles. The zero-order valence-electron chi connectivity index (χ0n) is 17.7. The predicted octanol–water partition coefficient (Wildman–Crippen LogP) is 5.80. The Bertz CT molecular complexity index is 1360. The molecule has 0 unspecified atom stereocenters. The number of halogens is 10. The molecule has 0 aliphatic rings. The molecule has 18 heteroatoms. The molecule has 0 bridgehead atoms. The van der Waals surface area contributed by atoms with E-state index in [1.807, 2.05) is 0 Å². The van der Waals surface area contributed by atoms with Crippen LogP contribution in [0.15, 0.2) is 59.5 Å². The minimum Gasteiger partial charge on any atom is -0.379 e. The van der Waals surface area contributed by atoms with Crippen molar-refractivity contribution in [3.63, 3.8) is 0 Å². The van der Waals surface area contributed by atoms with E-state index in [0.717, 1.165) is 12.1 Å².